The molecule has 0 amide bonds. The highest BCUT2D eigenvalue weighted by atomic mass is 15.3. The molecule has 4 aromatic rings. The third-order valence-corrected chi connectivity index (χ3v) is 4.12. The number of aromatic nitrogens is 3. The number of aliphatic imine (C=N–C) groups is 1. The van der Waals surface area contributed by atoms with E-state index in [1.807, 2.05) is 78.5 Å². The number of hydrogen-bond donors (Lipinski definition) is 0. The molecule has 2 aromatic heterocycles. The van der Waals surface area contributed by atoms with Gasteiger partial charge in [0.05, 0.1) is 11.4 Å². The van der Waals surface area contributed by atoms with Crippen LogP contribution in [0, 0.1) is 6.92 Å². The molecule has 4 heteroatoms. The Bertz CT molecular complexity index is 1020. The molecule has 0 unspecified atom stereocenters. The monoisotopic (exact) mass is 338 g/mol. The van der Waals surface area contributed by atoms with Crippen LogP contribution in [0.2, 0.25) is 0 Å². The summed E-state index contributed by atoms with van der Waals surface area (Å²) >= 11 is 0. The topological polar surface area (TPSA) is 43.1 Å². The summed E-state index contributed by atoms with van der Waals surface area (Å²) in [5.41, 5.74) is 5.01. The van der Waals surface area contributed by atoms with E-state index in [0.29, 0.717) is 0 Å². The number of pyridine rings is 1. The second kappa shape index (κ2) is 7.15. The molecular weight excluding hydrogens is 320 g/mol. The van der Waals surface area contributed by atoms with Gasteiger partial charge in [0.15, 0.2) is 5.82 Å². The van der Waals surface area contributed by atoms with E-state index in [9.17, 15) is 0 Å². The first-order valence-electron chi connectivity index (χ1n) is 8.47. The zero-order chi connectivity index (χ0) is 17.8. The molecule has 4 rings (SSSR count). The highest BCUT2D eigenvalue weighted by Crippen LogP contribution is 2.35. The molecule has 0 N–H and O–H groups in total. The van der Waals surface area contributed by atoms with Gasteiger partial charge in [0, 0.05) is 29.7 Å². The van der Waals surface area contributed by atoms with Gasteiger partial charge in [-0.25, -0.2) is 9.67 Å². The van der Waals surface area contributed by atoms with Gasteiger partial charge < -0.3 is 0 Å². The minimum absolute atomic E-state index is 0.809. The quantitative estimate of drug-likeness (QED) is 0.492. The van der Waals surface area contributed by atoms with E-state index >= 15 is 0 Å². The van der Waals surface area contributed by atoms with Crippen LogP contribution in [0.1, 0.15) is 11.3 Å². The molecular formula is C22H18N4. The maximum Gasteiger partial charge on any atom is 0.163 e. The second-order valence-electron chi connectivity index (χ2n) is 5.94. The van der Waals surface area contributed by atoms with Crippen molar-refractivity contribution < 1.29 is 0 Å². The lowest BCUT2D eigenvalue weighted by Gasteiger charge is -2.06. The van der Waals surface area contributed by atoms with Crippen molar-refractivity contribution in [3.63, 3.8) is 0 Å². The molecule has 26 heavy (non-hydrogen) atoms. The third kappa shape index (κ3) is 3.17. The molecule has 126 valence electrons. The van der Waals surface area contributed by atoms with E-state index in [-0.39, 0.29) is 0 Å². The molecule has 0 radical (unpaired) electrons. The van der Waals surface area contributed by atoms with Crippen LogP contribution in [-0.4, -0.2) is 21.0 Å². The highest BCUT2D eigenvalue weighted by molar-refractivity contribution is 5.85. The predicted octanol–water partition coefficient (Wildman–Crippen LogP) is 4.99. The van der Waals surface area contributed by atoms with Gasteiger partial charge in [-0.3, -0.25) is 4.98 Å². The van der Waals surface area contributed by atoms with Crippen LogP contribution >= 0.6 is 0 Å². The predicted molar refractivity (Wildman–Crippen MR) is 105 cm³/mol. The first-order valence-corrected chi connectivity index (χ1v) is 8.47. The highest BCUT2D eigenvalue weighted by Gasteiger charge is 2.17. The number of hydrogen-bond acceptors (Lipinski definition) is 3. The fourth-order valence-corrected chi connectivity index (χ4v) is 2.91. The zero-order valence-corrected chi connectivity index (χ0v) is 14.4. The molecule has 0 saturated carbocycles. The fraction of sp³-hybridized carbons (Fsp3) is 0.0455. The first kappa shape index (κ1) is 16.0. The Balaban J connectivity index is 1.89. The summed E-state index contributed by atoms with van der Waals surface area (Å²) in [5.74, 6) is 0.809. The Hall–Kier alpha value is -3.53. The van der Waals surface area contributed by atoms with E-state index < -0.39 is 0 Å². The van der Waals surface area contributed by atoms with Gasteiger partial charge in [0.25, 0.3) is 0 Å². The summed E-state index contributed by atoms with van der Waals surface area (Å²) in [4.78, 5) is 8.94. The minimum atomic E-state index is 0.809. The number of benzene rings is 2. The first-order chi connectivity index (χ1) is 12.8. The molecule has 0 bridgehead atoms. The number of para-hydroxylation sites is 1. The lowest BCUT2D eigenvalue weighted by atomic mass is 10.1. The number of aryl methyl sites for hydroxylation is 1. The van der Waals surface area contributed by atoms with Crippen molar-refractivity contribution in [1.29, 1.82) is 0 Å². The van der Waals surface area contributed by atoms with Crippen LogP contribution in [0.15, 0.2) is 90.2 Å². The van der Waals surface area contributed by atoms with Crippen molar-refractivity contribution >= 4 is 12.0 Å². The van der Waals surface area contributed by atoms with Gasteiger partial charge in [-0.15, -0.1) is 0 Å². The van der Waals surface area contributed by atoms with Crippen LogP contribution in [0.25, 0.3) is 16.8 Å². The second-order valence-corrected chi connectivity index (χ2v) is 5.94. The Labute approximate surface area is 152 Å². The Morgan fingerprint density at radius 1 is 0.885 bits per heavy atom. The average Bonchev–Trinajstić information content (AvgIpc) is 3.04. The smallest absolute Gasteiger partial charge is 0.163 e. The van der Waals surface area contributed by atoms with Crippen molar-refractivity contribution in [1.82, 2.24) is 14.8 Å². The summed E-state index contributed by atoms with van der Waals surface area (Å²) < 4.78 is 1.89. The van der Waals surface area contributed by atoms with Crippen LogP contribution in [-0.2, 0) is 0 Å². The van der Waals surface area contributed by atoms with Crippen LogP contribution < -0.4 is 0 Å². The largest absolute Gasteiger partial charge is 0.264 e. The Morgan fingerprint density at radius 3 is 2.31 bits per heavy atom. The summed E-state index contributed by atoms with van der Waals surface area (Å²) in [6, 6.07) is 24.2. The fourth-order valence-electron chi connectivity index (χ4n) is 2.91. The van der Waals surface area contributed by atoms with E-state index in [2.05, 4.69) is 17.1 Å². The summed E-state index contributed by atoms with van der Waals surface area (Å²) in [6.45, 7) is 2.02. The van der Waals surface area contributed by atoms with Crippen molar-refractivity contribution in [2.24, 2.45) is 4.99 Å². The van der Waals surface area contributed by atoms with Crippen molar-refractivity contribution in [3.05, 3.63) is 96.4 Å². The molecule has 0 atom stereocenters. The molecule has 0 aliphatic heterocycles. The summed E-state index contributed by atoms with van der Waals surface area (Å²) in [5, 5.41) is 4.76. The minimum Gasteiger partial charge on any atom is -0.264 e. The van der Waals surface area contributed by atoms with Crippen LogP contribution in [0.3, 0.4) is 0 Å². The molecule has 0 fully saturated rings. The van der Waals surface area contributed by atoms with Gasteiger partial charge in [0.1, 0.15) is 0 Å². The standard InChI is InChI=1S/C22H18N4/c1-17-21(19-10-4-2-5-11-19)22(24-16-18-9-8-14-23-15-18)26(25-17)20-12-6-3-7-13-20/h2-16H,1H3/b24-16+. The van der Waals surface area contributed by atoms with Crippen molar-refractivity contribution in [2.75, 3.05) is 0 Å². The van der Waals surface area contributed by atoms with E-state index in [1.54, 1.807) is 12.4 Å². The maximum atomic E-state index is 4.79. The zero-order valence-electron chi connectivity index (χ0n) is 14.4. The molecule has 0 saturated heterocycles. The summed E-state index contributed by atoms with van der Waals surface area (Å²) in [7, 11) is 0. The number of nitrogens with zero attached hydrogens (tertiary/aromatic N) is 4. The molecule has 0 aliphatic rings. The lowest BCUT2D eigenvalue weighted by molar-refractivity contribution is 0.863. The molecule has 0 aliphatic carbocycles. The normalized spacial score (nSPS) is 11.1. The van der Waals surface area contributed by atoms with Crippen LogP contribution in [0.5, 0.6) is 0 Å². The van der Waals surface area contributed by atoms with Gasteiger partial charge in [-0.05, 0) is 30.7 Å². The van der Waals surface area contributed by atoms with Gasteiger partial charge in [0.2, 0.25) is 0 Å². The van der Waals surface area contributed by atoms with Gasteiger partial charge >= 0.3 is 0 Å². The Kier molecular flexibility index (Phi) is 4.39. The Morgan fingerprint density at radius 2 is 1.62 bits per heavy atom. The summed E-state index contributed by atoms with van der Waals surface area (Å²) in [6.07, 6.45) is 5.38. The average molecular weight is 338 g/mol. The van der Waals surface area contributed by atoms with Gasteiger partial charge in [-0.1, -0.05) is 54.6 Å². The molecule has 0 spiro atoms. The van der Waals surface area contributed by atoms with E-state index in [4.69, 9.17) is 10.1 Å². The van der Waals surface area contributed by atoms with Gasteiger partial charge in [-0.2, -0.15) is 5.10 Å². The lowest BCUT2D eigenvalue weighted by Crippen LogP contribution is -1.96. The van der Waals surface area contributed by atoms with Crippen LogP contribution in [0.4, 0.5) is 5.82 Å². The maximum absolute atomic E-state index is 4.79. The molecule has 4 nitrogen and oxygen atoms in total. The van der Waals surface area contributed by atoms with E-state index in [0.717, 1.165) is 33.9 Å². The van der Waals surface area contributed by atoms with Crippen molar-refractivity contribution in [2.45, 2.75) is 6.92 Å². The molecule has 2 heterocycles. The van der Waals surface area contributed by atoms with Crippen molar-refractivity contribution in [3.8, 4) is 16.8 Å². The third-order valence-electron chi connectivity index (χ3n) is 4.12. The SMILES string of the molecule is Cc1nn(-c2ccccc2)c(/N=C/c2cccnc2)c1-c1ccccc1. The van der Waals surface area contributed by atoms with E-state index in [1.165, 1.54) is 0 Å². The number of rotatable bonds is 4. The molecule has 2 aromatic carbocycles.